The number of halogens is 1. The molecule has 0 aliphatic heterocycles. The number of hydrogen-bond acceptors (Lipinski definition) is 2. The maximum atomic E-state index is 5.55. The average Bonchev–Trinajstić information content (AvgIpc) is 2.37. The van der Waals surface area contributed by atoms with Crippen LogP contribution in [0.15, 0.2) is 53.0 Å². The quantitative estimate of drug-likeness (QED) is 0.844. The minimum atomic E-state index is 0.425. The first kappa shape index (κ1) is 13.1. The molecule has 3 N–H and O–H groups in total. The molecule has 0 heterocycles. The van der Waals surface area contributed by atoms with Crippen molar-refractivity contribution in [2.75, 3.05) is 5.32 Å². The summed E-state index contributed by atoms with van der Waals surface area (Å²) >= 11 is 8.37. The third-order valence-corrected chi connectivity index (χ3v) is 3.28. The van der Waals surface area contributed by atoms with Crippen molar-refractivity contribution in [3.05, 3.63) is 64.1 Å². The number of nitrogens with one attached hydrogen (secondary N) is 1. The minimum absolute atomic E-state index is 0.425. The predicted octanol–water partition coefficient (Wildman–Crippen LogP) is 3.70. The van der Waals surface area contributed by atoms with Gasteiger partial charge in [-0.15, -0.1) is 0 Å². The molecule has 0 fully saturated rings. The monoisotopic (exact) mass is 320 g/mol. The molecule has 0 unspecified atom stereocenters. The zero-order valence-electron chi connectivity index (χ0n) is 9.69. The third kappa shape index (κ3) is 3.55. The van der Waals surface area contributed by atoms with Crippen LogP contribution >= 0.6 is 28.1 Å². The lowest BCUT2D eigenvalue weighted by molar-refractivity contribution is 1.15. The number of benzene rings is 2. The van der Waals surface area contributed by atoms with Crippen molar-refractivity contribution in [2.45, 2.75) is 6.54 Å². The van der Waals surface area contributed by atoms with Gasteiger partial charge in [0.1, 0.15) is 4.99 Å². The van der Waals surface area contributed by atoms with Crippen molar-refractivity contribution >= 4 is 38.8 Å². The normalized spacial score (nSPS) is 10.1. The van der Waals surface area contributed by atoms with E-state index in [9.17, 15) is 0 Å². The van der Waals surface area contributed by atoms with Gasteiger partial charge in [-0.3, -0.25) is 0 Å². The molecular formula is C14H13BrN2S. The van der Waals surface area contributed by atoms with Gasteiger partial charge in [-0.25, -0.2) is 0 Å². The number of rotatable bonds is 4. The van der Waals surface area contributed by atoms with Gasteiger partial charge in [0.2, 0.25) is 0 Å². The van der Waals surface area contributed by atoms with Gasteiger partial charge in [-0.2, -0.15) is 0 Å². The minimum Gasteiger partial charge on any atom is -0.389 e. The van der Waals surface area contributed by atoms with Crippen LogP contribution in [0, 0.1) is 0 Å². The first-order chi connectivity index (χ1) is 8.65. The van der Waals surface area contributed by atoms with Gasteiger partial charge in [0, 0.05) is 22.3 Å². The third-order valence-electron chi connectivity index (χ3n) is 2.56. The Hall–Kier alpha value is -1.39. The van der Waals surface area contributed by atoms with Crippen LogP contribution in [0.1, 0.15) is 11.1 Å². The molecule has 0 saturated carbocycles. The molecule has 0 radical (unpaired) electrons. The number of hydrogen-bond donors (Lipinski definition) is 2. The smallest absolute Gasteiger partial charge is 0.103 e. The second-order valence-corrected chi connectivity index (χ2v) is 5.28. The van der Waals surface area contributed by atoms with Crippen molar-refractivity contribution in [2.24, 2.45) is 5.73 Å². The Morgan fingerprint density at radius 3 is 2.50 bits per heavy atom. The Bertz CT molecular complexity index is 552. The van der Waals surface area contributed by atoms with E-state index in [0.29, 0.717) is 4.99 Å². The standard InChI is InChI=1S/C14H13BrN2S/c15-12-3-1-2-10(8-12)9-17-13-6-4-11(5-7-13)14(16)18/h1-8,17H,9H2,(H2,16,18). The van der Waals surface area contributed by atoms with E-state index in [1.807, 2.05) is 36.4 Å². The van der Waals surface area contributed by atoms with Gasteiger partial charge in [-0.05, 0) is 42.0 Å². The number of thiocarbonyl (C=S) groups is 1. The van der Waals surface area contributed by atoms with E-state index in [0.717, 1.165) is 22.3 Å². The summed E-state index contributed by atoms with van der Waals surface area (Å²) in [6, 6.07) is 16.0. The Morgan fingerprint density at radius 1 is 1.17 bits per heavy atom. The van der Waals surface area contributed by atoms with Gasteiger partial charge in [0.15, 0.2) is 0 Å². The van der Waals surface area contributed by atoms with Crippen LogP contribution in [-0.4, -0.2) is 4.99 Å². The highest BCUT2D eigenvalue weighted by Crippen LogP contribution is 2.14. The molecule has 0 aliphatic carbocycles. The van der Waals surface area contributed by atoms with Crippen LogP contribution < -0.4 is 11.1 Å². The second kappa shape index (κ2) is 5.98. The van der Waals surface area contributed by atoms with E-state index in [-0.39, 0.29) is 0 Å². The lowest BCUT2D eigenvalue weighted by Crippen LogP contribution is -2.09. The second-order valence-electron chi connectivity index (χ2n) is 3.93. The molecule has 0 spiro atoms. The molecule has 2 aromatic carbocycles. The lowest BCUT2D eigenvalue weighted by atomic mass is 10.2. The predicted molar refractivity (Wildman–Crippen MR) is 83.8 cm³/mol. The van der Waals surface area contributed by atoms with E-state index < -0.39 is 0 Å². The average molecular weight is 321 g/mol. The zero-order valence-corrected chi connectivity index (χ0v) is 12.1. The Kier molecular flexibility index (Phi) is 4.33. The van der Waals surface area contributed by atoms with Gasteiger partial charge in [0.25, 0.3) is 0 Å². The molecule has 0 atom stereocenters. The molecule has 0 saturated heterocycles. The van der Waals surface area contributed by atoms with Crippen LogP contribution in [0.3, 0.4) is 0 Å². The SMILES string of the molecule is NC(=S)c1ccc(NCc2cccc(Br)c2)cc1. The van der Waals surface area contributed by atoms with Gasteiger partial charge in [-0.1, -0.05) is 40.3 Å². The van der Waals surface area contributed by atoms with Gasteiger partial charge in [0.05, 0.1) is 0 Å². The summed E-state index contributed by atoms with van der Waals surface area (Å²) in [6.07, 6.45) is 0. The van der Waals surface area contributed by atoms with E-state index in [1.165, 1.54) is 5.56 Å². The Labute approximate surface area is 120 Å². The Morgan fingerprint density at radius 2 is 1.89 bits per heavy atom. The van der Waals surface area contributed by atoms with Crippen molar-refractivity contribution in [3.8, 4) is 0 Å². The fraction of sp³-hybridized carbons (Fsp3) is 0.0714. The van der Waals surface area contributed by atoms with Crippen LogP contribution in [-0.2, 0) is 6.54 Å². The molecule has 4 heteroatoms. The van der Waals surface area contributed by atoms with E-state index in [4.69, 9.17) is 18.0 Å². The van der Waals surface area contributed by atoms with Crippen molar-refractivity contribution in [1.82, 2.24) is 0 Å². The lowest BCUT2D eigenvalue weighted by Gasteiger charge is -2.07. The molecular weight excluding hydrogens is 308 g/mol. The Balaban J connectivity index is 2.00. The van der Waals surface area contributed by atoms with Gasteiger partial charge >= 0.3 is 0 Å². The number of nitrogens with two attached hydrogens (primary N) is 1. The highest BCUT2D eigenvalue weighted by Gasteiger charge is 1.97. The van der Waals surface area contributed by atoms with E-state index >= 15 is 0 Å². The molecule has 0 aromatic heterocycles. The van der Waals surface area contributed by atoms with Crippen molar-refractivity contribution in [3.63, 3.8) is 0 Å². The molecule has 2 nitrogen and oxygen atoms in total. The summed E-state index contributed by atoms with van der Waals surface area (Å²) in [5, 5.41) is 3.35. The van der Waals surface area contributed by atoms with Crippen LogP contribution in [0.5, 0.6) is 0 Å². The molecule has 2 rings (SSSR count). The molecule has 0 amide bonds. The summed E-state index contributed by atoms with van der Waals surface area (Å²) in [5.74, 6) is 0. The van der Waals surface area contributed by atoms with E-state index in [1.54, 1.807) is 0 Å². The molecule has 92 valence electrons. The largest absolute Gasteiger partial charge is 0.389 e. The van der Waals surface area contributed by atoms with Crippen LogP contribution in [0.4, 0.5) is 5.69 Å². The molecule has 18 heavy (non-hydrogen) atoms. The van der Waals surface area contributed by atoms with Gasteiger partial charge < -0.3 is 11.1 Å². The van der Waals surface area contributed by atoms with Crippen molar-refractivity contribution < 1.29 is 0 Å². The summed E-state index contributed by atoms with van der Waals surface area (Å²) in [6.45, 7) is 0.784. The summed E-state index contributed by atoms with van der Waals surface area (Å²) in [4.78, 5) is 0.425. The first-order valence-corrected chi connectivity index (χ1v) is 6.73. The summed E-state index contributed by atoms with van der Waals surface area (Å²) < 4.78 is 1.09. The fourth-order valence-electron chi connectivity index (χ4n) is 1.60. The topological polar surface area (TPSA) is 38.0 Å². The van der Waals surface area contributed by atoms with Crippen LogP contribution in [0.25, 0.3) is 0 Å². The maximum Gasteiger partial charge on any atom is 0.103 e. The van der Waals surface area contributed by atoms with E-state index in [2.05, 4.69) is 33.4 Å². The zero-order chi connectivity index (χ0) is 13.0. The highest BCUT2D eigenvalue weighted by molar-refractivity contribution is 9.10. The van der Waals surface area contributed by atoms with Crippen molar-refractivity contribution in [1.29, 1.82) is 0 Å². The molecule has 0 bridgehead atoms. The number of anilines is 1. The van der Waals surface area contributed by atoms with Crippen LogP contribution in [0.2, 0.25) is 0 Å². The fourth-order valence-corrected chi connectivity index (χ4v) is 2.19. The molecule has 2 aromatic rings. The maximum absolute atomic E-state index is 5.55. The summed E-state index contributed by atoms with van der Waals surface area (Å²) in [7, 11) is 0. The molecule has 0 aliphatic rings. The summed E-state index contributed by atoms with van der Waals surface area (Å²) in [5.41, 5.74) is 8.71. The first-order valence-electron chi connectivity index (χ1n) is 5.53. The highest BCUT2D eigenvalue weighted by atomic mass is 79.9.